The van der Waals surface area contributed by atoms with Gasteiger partial charge in [-0.05, 0) is 25.1 Å². The van der Waals surface area contributed by atoms with Gasteiger partial charge in [-0.25, -0.2) is 0 Å². The summed E-state index contributed by atoms with van der Waals surface area (Å²) in [7, 11) is 1.67. The summed E-state index contributed by atoms with van der Waals surface area (Å²) in [6.07, 6.45) is 0. The van der Waals surface area contributed by atoms with Gasteiger partial charge in [-0.2, -0.15) is 0 Å². The van der Waals surface area contributed by atoms with Crippen LogP contribution in [0, 0.1) is 6.92 Å². The summed E-state index contributed by atoms with van der Waals surface area (Å²) in [4.78, 5) is 30.3. The molecule has 2 amide bonds. The minimum atomic E-state index is -0.256. The van der Waals surface area contributed by atoms with Crippen LogP contribution in [0.25, 0.3) is 11.0 Å². The predicted molar refractivity (Wildman–Crippen MR) is 126 cm³/mol. The molecule has 0 saturated carbocycles. The lowest BCUT2D eigenvalue weighted by Crippen LogP contribution is -2.42. The molecule has 4 rings (SSSR count). The second-order valence-corrected chi connectivity index (χ2v) is 6.81. The van der Waals surface area contributed by atoms with Crippen LogP contribution < -0.4 is 10.6 Å². The molecule has 30 heavy (non-hydrogen) atoms. The number of halogens is 1. The number of para-hydroxylation sites is 1. The van der Waals surface area contributed by atoms with E-state index >= 15 is 0 Å². The summed E-state index contributed by atoms with van der Waals surface area (Å²) in [5, 5.41) is 7.44. The maximum Gasteiger partial charge on any atom is 0.261 e. The quantitative estimate of drug-likeness (QED) is 0.234. The molecule has 0 unspecified atom stereocenters. The fourth-order valence-corrected chi connectivity index (χ4v) is 3.51. The zero-order chi connectivity index (χ0) is 20.4. The van der Waals surface area contributed by atoms with Crippen LogP contribution in [-0.4, -0.2) is 42.8 Å². The van der Waals surface area contributed by atoms with Crippen LogP contribution in [0.3, 0.4) is 0 Å². The molecular formula is C22H23IN4O3. The Morgan fingerprint density at radius 1 is 1.00 bits per heavy atom. The van der Waals surface area contributed by atoms with Crippen molar-refractivity contribution in [3.05, 3.63) is 71.0 Å². The van der Waals surface area contributed by atoms with Crippen molar-refractivity contribution in [1.82, 2.24) is 15.5 Å². The number of amides is 2. The second kappa shape index (κ2) is 9.29. The standard InChI is InChI=1S/C22H22N4O3.HI/c1-14-15-7-5-6-10-18(15)29-19(14)13-25-22(23-2)24-11-12-26-20(27)16-8-3-4-9-17(16)21(26)28;/h3-10H,11-13H2,1-2H3,(H2,23,24,25);1H. The Balaban J connectivity index is 0.00000256. The lowest BCUT2D eigenvalue weighted by atomic mass is 10.1. The average molecular weight is 518 g/mol. The van der Waals surface area contributed by atoms with Crippen molar-refractivity contribution in [3.8, 4) is 0 Å². The molecule has 0 atom stereocenters. The van der Waals surface area contributed by atoms with Crippen LogP contribution in [0.4, 0.5) is 0 Å². The maximum atomic E-state index is 12.4. The fraction of sp³-hybridized carbons (Fsp3) is 0.227. The molecule has 2 heterocycles. The van der Waals surface area contributed by atoms with Gasteiger partial charge in [0.25, 0.3) is 11.8 Å². The normalized spacial score (nSPS) is 13.4. The molecule has 1 aliphatic rings. The maximum absolute atomic E-state index is 12.4. The third-order valence-electron chi connectivity index (χ3n) is 5.09. The van der Waals surface area contributed by atoms with Gasteiger partial charge in [0, 0.05) is 31.1 Å². The molecule has 1 aliphatic heterocycles. The predicted octanol–water partition coefficient (Wildman–Crippen LogP) is 3.32. The van der Waals surface area contributed by atoms with Crippen LogP contribution in [0.5, 0.6) is 0 Å². The van der Waals surface area contributed by atoms with Gasteiger partial charge < -0.3 is 15.1 Å². The van der Waals surface area contributed by atoms with E-state index in [0.29, 0.717) is 30.2 Å². The number of carbonyl (C=O) groups is 2. The van der Waals surface area contributed by atoms with Gasteiger partial charge in [-0.1, -0.05) is 30.3 Å². The number of carbonyl (C=O) groups excluding carboxylic acids is 2. The molecule has 7 nitrogen and oxygen atoms in total. The van der Waals surface area contributed by atoms with E-state index < -0.39 is 0 Å². The molecule has 0 radical (unpaired) electrons. The van der Waals surface area contributed by atoms with Gasteiger partial charge in [0.05, 0.1) is 17.7 Å². The van der Waals surface area contributed by atoms with Crippen LogP contribution in [-0.2, 0) is 6.54 Å². The third kappa shape index (κ3) is 4.04. The topological polar surface area (TPSA) is 86.9 Å². The molecule has 3 aromatic rings. The van der Waals surface area contributed by atoms with Crippen LogP contribution >= 0.6 is 24.0 Å². The number of aliphatic imine (C=N–C) groups is 1. The average Bonchev–Trinajstić information content (AvgIpc) is 3.20. The molecule has 0 aliphatic carbocycles. The first kappa shape index (κ1) is 21.8. The lowest BCUT2D eigenvalue weighted by molar-refractivity contribution is 0.0657. The third-order valence-corrected chi connectivity index (χ3v) is 5.09. The number of rotatable bonds is 5. The first-order valence-electron chi connectivity index (χ1n) is 9.47. The molecule has 2 aromatic carbocycles. The Hall–Kier alpha value is -2.88. The second-order valence-electron chi connectivity index (χ2n) is 6.81. The van der Waals surface area contributed by atoms with Crippen molar-refractivity contribution in [1.29, 1.82) is 0 Å². The number of imide groups is 1. The van der Waals surface area contributed by atoms with E-state index in [1.807, 2.05) is 31.2 Å². The summed E-state index contributed by atoms with van der Waals surface area (Å²) in [5.74, 6) is 0.900. The van der Waals surface area contributed by atoms with E-state index in [4.69, 9.17) is 4.42 Å². The largest absolute Gasteiger partial charge is 0.459 e. The van der Waals surface area contributed by atoms with Crippen molar-refractivity contribution in [3.63, 3.8) is 0 Å². The molecular weight excluding hydrogens is 495 g/mol. The molecule has 8 heteroatoms. The van der Waals surface area contributed by atoms with Crippen molar-refractivity contribution in [2.24, 2.45) is 4.99 Å². The zero-order valence-corrected chi connectivity index (χ0v) is 19.1. The minimum absolute atomic E-state index is 0. The first-order chi connectivity index (χ1) is 14.1. The van der Waals surface area contributed by atoms with E-state index in [9.17, 15) is 9.59 Å². The van der Waals surface area contributed by atoms with Crippen LogP contribution in [0.2, 0.25) is 0 Å². The molecule has 0 spiro atoms. The van der Waals surface area contributed by atoms with Crippen molar-refractivity contribution in [2.45, 2.75) is 13.5 Å². The van der Waals surface area contributed by atoms with Gasteiger partial charge in [-0.3, -0.25) is 19.5 Å². The Labute approximate surface area is 191 Å². The van der Waals surface area contributed by atoms with E-state index in [-0.39, 0.29) is 42.3 Å². The highest BCUT2D eigenvalue weighted by atomic mass is 127. The van der Waals surface area contributed by atoms with E-state index in [2.05, 4.69) is 15.6 Å². The SMILES string of the molecule is CN=C(NCCN1C(=O)c2ccccc2C1=O)NCc1oc2ccccc2c1C.I. The summed E-state index contributed by atoms with van der Waals surface area (Å²) < 4.78 is 5.90. The number of furan rings is 1. The van der Waals surface area contributed by atoms with Gasteiger partial charge in [0.1, 0.15) is 11.3 Å². The van der Waals surface area contributed by atoms with Gasteiger partial charge in [-0.15, -0.1) is 24.0 Å². The number of nitrogens with one attached hydrogen (secondary N) is 2. The summed E-state index contributed by atoms with van der Waals surface area (Å²) in [6.45, 7) is 3.16. The van der Waals surface area contributed by atoms with E-state index in [1.54, 1.807) is 31.3 Å². The molecule has 0 bridgehead atoms. The lowest BCUT2D eigenvalue weighted by Gasteiger charge is -2.16. The Morgan fingerprint density at radius 2 is 1.63 bits per heavy atom. The van der Waals surface area contributed by atoms with Crippen LogP contribution in [0.1, 0.15) is 32.0 Å². The summed E-state index contributed by atoms with van der Waals surface area (Å²) in [5.41, 5.74) is 2.87. The number of guanidine groups is 1. The Bertz CT molecular complexity index is 1090. The number of aryl methyl sites for hydroxylation is 1. The molecule has 1 aromatic heterocycles. The molecule has 2 N–H and O–H groups in total. The minimum Gasteiger partial charge on any atom is -0.459 e. The Morgan fingerprint density at radius 3 is 2.27 bits per heavy atom. The number of fused-ring (bicyclic) bond motifs is 2. The van der Waals surface area contributed by atoms with Crippen molar-refractivity contribution >= 4 is 52.7 Å². The number of nitrogens with zero attached hydrogens (tertiary/aromatic N) is 2. The van der Waals surface area contributed by atoms with E-state index in [1.165, 1.54) is 4.90 Å². The smallest absolute Gasteiger partial charge is 0.261 e. The van der Waals surface area contributed by atoms with Crippen LogP contribution in [0.15, 0.2) is 57.9 Å². The number of benzene rings is 2. The van der Waals surface area contributed by atoms with Gasteiger partial charge >= 0.3 is 0 Å². The molecule has 156 valence electrons. The van der Waals surface area contributed by atoms with E-state index in [0.717, 1.165) is 22.3 Å². The highest BCUT2D eigenvalue weighted by molar-refractivity contribution is 14.0. The zero-order valence-electron chi connectivity index (χ0n) is 16.8. The molecule has 0 saturated heterocycles. The summed E-state index contributed by atoms with van der Waals surface area (Å²) >= 11 is 0. The number of hydrogen-bond donors (Lipinski definition) is 2. The highest BCUT2D eigenvalue weighted by Gasteiger charge is 2.34. The van der Waals surface area contributed by atoms with Crippen molar-refractivity contribution in [2.75, 3.05) is 20.1 Å². The van der Waals surface area contributed by atoms with Gasteiger partial charge in [0.2, 0.25) is 0 Å². The molecule has 0 fully saturated rings. The summed E-state index contributed by atoms with van der Waals surface area (Å²) in [6, 6.07) is 14.8. The monoisotopic (exact) mass is 518 g/mol. The highest BCUT2D eigenvalue weighted by Crippen LogP contribution is 2.24. The Kier molecular flexibility index (Phi) is 6.76. The van der Waals surface area contributed by atoms with Crippen molar-refractivity contribution < 1.29 is 14.0 Å². The number of hydrogen-bond acceptors (Lipinski definition) is 4. The fourth-order valence-electron chi connectivity index (χ4n) is 3.51. The van der Waals surface area contributed by atoms with Gasteiger partial charge in [0.15, 0.2) is 5.96 Å². The first-order valence-corrected chi connectivity index (χ1v) is 9.47.